The number of aromatic nitrogens is 4. The normalized spacial score (nSPS) is 16.9. The average Bonchev–Trinajstić information content (AvgIpc) is 3.34. The van der Waals surface area contributed by atoms with Gasteiger partial charge in [-0.25, -0.2) is 19.0 Å². The Kier molecular flexibility index (Phi) is 5.68. The molecule has 1 unspecified atom stereocenters. The lowest BCUT2D eigenvalue weighted by Gasteiger charge is -2.32. The van der Waals surface area contributed by atoms with Crippen LogP contribution >= 0.6 is 34.5 Å². The van der Waals surface area contributed by atoms with E-state index in [1.165, 1.54) is 36.1 Å². The van der Waals surface area contributed by atoms with Crippen molar-refractivity contribution in [2.75, 3.05) is 24.6 Å². The molecule has 0 aliphatic carbocycles. The molecular formula is C17H15Cl2FN6O2S. The number of hydrogen-bond acceptors (Lipinski definition) is 7. The summed E-state index contributed by atoms with van der Waals surface area (Å²) in [7, 11) is 0. The van der Waals surface area contributed by atoms with Crippen LogP contribution in [0.1, 0.15) is 6.42 Å². The fourth-order valence-electron chi connectivity index (χ4n) is 3.03. The molecule has 3 heterocycles. The van der Waals surface area contributed by atoms with E-state index in [1.807, 2.05) is 4.90 Å². The van der Waals surface area contributed by atoms with E-state index in [1.54, 1.807) is 4.68 Å². The largest absolute Gasteiger partial charge is 0.374 e. The standard InChI is InChI=1S/C17H15Cl2FN6O2S/c18-11-5-12(19)13(20)4-10(11)15-16(26-8-22-7-23-26)29-17(24-15)25-1-2-28-9(6-25)3-14(21)27/h4-5,7-9H,1-3,6H2,(H2,21,27). The fraction of sp³-hybridized carbons (Fsp3) is 0.294. The molecule has 1 fully saturated rings. The van der Waals surface area contributed by atoms with Gasteiger partial charge in [-0.15, -0.1) is 0 Å². The highest BCUT2D eigenvalue weighted by atomic mass is 35.5. The molecule has 29 heavy (non-hydrogen) atoms. The second-order valence-corrected chi connectivity index (χ2v) is 8.12. The van der Waals surface area contributed by atoms with Gasteiger partial charge in [-0.1, -0.05) is 34.5 Å². The fourth-order valence-corrected chi connectivity index (χ4v) is 4.54. The Morgan fingerprint density at radius 3 is 2.93 bits per heavy atom. The SMILES string of the molecule is NC(=O)CC1CN(c2nc(-c3cc(F)c(Cl)cc3Cl)c(-n3cncn3)s2)CCO1. The first-order valence-electron chi connectivity index (χ1n) is 8.58. The number of nitrogens with zero attached hydrogens (tertiary/aromatic N) is 5. The van der Waals surface area contributed by atoms with Crippen LogP contribution in [-0.4, -0.2) is 51.5 Å². The maximum Gasteiger partial charge on any atom is 0.220 e. The number of anilines is 1. The molecule has 1 aliphatic heterocycles. The van der Waals surface area contributed by atoms with Crippen molar-refractivity contribution in [3.63, 3.8) is 0 Å². The molecule has 2 aromatic heterocycles. The lowest BCUT2D eigenvalue weighted by atomic mass is 10.1. The van der Waals surface area contributed by atoms with E-state index in [-0.39, 0.29) is 22.6 Å². The van der Waals surface area contributed by atoms with E-state index in [4.69, 9.17) is 38.7 Å². The highest BCUT2D eigenvalue weighted by Gasteiger charge is 2.27. The highest BCUT2D eigenvalue weighted by molar-refractivity contribution is 7.18. The summed E-state index contributed by atoms with van der Waals surface area (Å²) in [4.78, 5) is 21.9. The topological polar surface area (TPSA) is 99.2 Å². The molecule has 1 atom stereocenters. The zero-order valence-corrected chi connectivity index (χ0v) is 17.2. The number of amides is 1. The lowest BCUT2D eigenvalue weighted by Crippen LogP contribution is -2.44. The molecule has 1 aromatic carbocycles. The Bertz CT molecular complexity index is 1040. The van der Waals surface area contributed by atoms with Crippen LogP contribution in [0.5, 0.6) is 0 Å². The third kappa shape index (κ3) is 4.20. The van der Waals surface area contributed by atoms with E-state index in [2.05, 4.69) is 10.1 Å². The van der Waals surface area contributed by atoms with Crippen molar-refractivity contribution >= 4 is 45.6 Å². The molecule has 3 aromatic rings. The van der Waals surface area contributed by atoms with Crippen LogP contribution in [0.15, 0.2) is 24.8 Å². The molecule has 152 valence electrons. The molecule has 1 aliphatic rings. The second kappa shape index (κ2) is 8.23. The predicted octanol–water partition coefficient (Wildman–Crippen LogP) is 2.92. The van der Waals surface area contributed by atoms with Gasteiger partial charge in [-0.05, 0) is 12.1 Å². The molecule has 12 heteroatoms. The summed E-state index contributed by atoms with van der Waals surface area (Å²) in [5.41, 5.74) is 6.13. The van der Waals surface area contributed by atoms with Crippen molar-refractivity contribution < 1.29 is 13.9 Å². The minimum absolute atomic E-state index is 0.0704. The number of thiazole rings is 1. The van der Waals surface area contributed by atoms with Gasteiger partial charge in [0, 0.05) is 18.7 Å². The van der Waals surface area contributed by atoms with E-state index in [0.717, 1.165) is 0 Å². The molecule has 1 saturated heterocycles. The van der Waals surface area contributed by atoms with Gasteiger partial charge in [0.05, 0.1) is 29.2 Å². The van der Waals surface area contributed by atoms with Gasteiger partial charge < -0.3 is 15.4 Å². The van der Waals surface area contributed by atoms with E-state index in [0.29, 0.717) is 41.1 Å². The van der Waals surface area contributed by atoms with Gasteiger partial charge >= 0.3 is 0 Å². The molecule has 0 saturated carbocycles. The number of nitrogens with two attached hydrogens (primary N) is 1. The monoisotopic (exact) mass is 456 g/mol. The molecule has 0 spiro atoms. The number of morpholine rings is 1. The summed E-state index contributed by atoms with van der Waals surface area (Å²) < 4.78 is 21.3. The van der Waals surface area contributed by atoms with Crippen molar-refractivity contribution in [1.82, 2.24) is 19.7 Å². The maximum absolute atomic E-state index is 14.1. The van der Waals surface area contributed by atoms with Gasteiger partial charge in [0.1, 0.15) is 29.2 Å². The number of primary amides is 1. The van der Waals surface area contributed by atoms with Gasteiger partial charge in [0.2, 0.25) is 5.91 Å². The smallest absolute Gasteiger partial charge is 0.220 e. The van der Waals surface area contributed by atoms with Gasteiger partial charge in [-0.3, -0.25) is 4.79 Å². The van der Waals surface area contributed by atoms with Crippen LogP contribution in [0.25, 0.3) is 16.3 Å². The maximum atomic E-state index is 14.1. The molecule has 0 bridgehead atoms. The zero-order chi connectivity index (χ0) is 20.5. The van der Waals surface area contributed by atoms with Gasteiger partial charge in [-0.2, -0.15) is 5.10 Å². The van der Waals surface area contributed by atoms with E-state index in [9.17, 15) is 9.18 Å². The van der Waals surface area contributed by atoms with Crippen LogP contribution in [0.3, 0.4) is 0 Å². The minimum atomic E-state index is -0.599. The Morgan fingerprint density at radius 2 is 2.21 bits per heavy atom. The summed E-state index contributed by atoms with van der Waals surface area (Å²) in [5, 5.41) is 5.65. The quantitative estimate of drug-likeness (QED) is 0.592. The highest BCUT2D eigenvalue weighted by Crippen LogP contribution is 2.40. The summed E-state index contributed by atoms with van der Waals surface area (Å²) in [6.45, 7) is 1.47. The van der Waals surface area contributed by atoms with Crippen LogP contribution < -0.4 is 10.6 Å². The number of ether oxygens (including phenoxy) is 1. The molecular weight excluding hydrogens is 442 g/mol. The van der Waals surface area contributed by atoms with Gasteiger partial charge in [0.25, 0.3) is 0 Å². The number of carbonyl (C=O) groups excluding carboxylic acids is 1. The number of carbonyl (C=O) groups is 1. The van der Waals surface area contributed by atoms with Crippen LogP contribution in [0, 0.1) is 5.82 Å². The summed E-state index contributed by atoms with van der Waals surface area (Å²) >= 11 is 13.5. The first kappa shape index (κ1) is 20.0. The van der Waals surface area contributed by atoms with Crippen LogP contribution in [0.2, 0.25) is 10.0 Å². The number of rotatable bonds is 5. The van der Waals surface area contributed by atoms with Crippen LogP contribution in [0.4, 0.5) is 9.52 Å². The molecule has 8 nitrogen and oxygen atoms in total. The molecule has 4 rings (SSSR count). The third-order valence-corrected chi connectivity index (χ3v) is 6.04. The van der Waals surface area contributed by atoms with E-state index >= 15 is 0 Å². The zero-order valence-electron chi connectivity index (χ0n) is 14.9. The first-order valence-corrected chi connectivity index (χ1v) is 10.1. The van der Waals surface area contributed by atoms with E-state index < -0.39 is 11.7 Å². The second-order valence-electron chi connectivity index (χ2n) is 6.35. The lowest BCUT2D eigenvalue weighted by molar-refractivity contribution is -0.121. The van der Waals surface area contributed by atoms with Crippen molar-refractivity contribution in [2.24, 2.45) is 5.73 Å². The predicted molar refractivity (Wildman–Crippen MR) is 108 cm³/mol. The first-order chi connectivity index (χ1) is 13.9. The Morgan fingerprint density at radius 1 is 1.38 bits per heavy atom. The number of benzene rings is 1. The van der Waals surface area contributed by atoms with Crippen molar-refractivity contribution in [1.29, 1.82) is 0 Å². The molecule has 2 N–H and O–H groups in total. The summed E-state index contributed by atoms with van der Waals surface area (Å²) in [6.07, 6.45) is 2.72. The van der Waals surface area contributed by atoms with Gasteiger partial charge in [0.15, 0.2) is 5.13 Å². The van der Waals surface area contributed by atoms with Crippen molar-refractivity contribution in [2.45, 2.75) is 12.5 Å². The molecule has 0 radical (unpaired) electrons. The van der Waals surface area contributed by atoms with Crippen molar-refractivity contribution in [3.05, 3.63) is 40.6 Å². The number of hydrogen-bond donors (Lipinski definition) is 1. The average molecular weight is 457 g/mol. The Labute approximate surface area is 179 Å². The van der Waals surface area contributed by atoms with Crippen LogP contribution in [-0.2, 0) is 9.53 Å². The third-order valence-electron chi connectivity index (χ3n) is 4.33. The molecule has 1 amide bonds. The number of halogens is 3. The minimum Gasteiger partial charge on any atom is -0.374 e. The van der Waals surface area contributed by atoms with Crippen molar-refractivity contribution in [3.8, 4) is 16.3 Å². The Balaban J connectivity index is 1.75. The Hall–Kier alpha value is -2.27. The summed E-state index contributed by atoms with van der Waals surface area (Å²) in [5.74, 6) is -1.03. The summed E-state index contributed by atoms with van der Waals surface area (Å²) in [6, 6.07) is 2.59.